The highest BCUT2D eigenvalue weighted by molar-refractivity contribution is 7.93. The number of fused-ring (bicyclic) bond motifs is 1. The SMILES string of the molecule is CC1C(Oc2ncccn2)CS(=O)(=O)N1c1cnn2c1CN[C@@H](Cc1cccc(OC(=O)Nc3cc(F)c(F)c(F)c3)c1)C2. The summed E-state index contributed by atoms with van der Waals surface area (Å²) in [5.41, 5.74) is 1.72. The fourth-order valence-electron chi connectivity index (χ4n) is 5.29. The average Bonchev–Trinajstić information content (AvgIpc) is 3.47. The standard InChI is InChI=1S/C28H26F3N7O5S/c1-16-25(43-27-32-6-3-7-33-27)15-44(40,41)38(16)24-13-35-37-14-19(34-12-23(24)37)8-17-4-2-5-20(9-17)42-28(39)36-18-10-21(29)26(31)22(30)11-18/h2-7,9-11,13,16,19,25,34H,8,12,14-15H2,1H3,(H,36,39)/t16?,19-,25?/m0/s1. The number of halogens is 3. The zero-order chi connectivity index (χ0) is 31.0. The van der Waals surface area contributed by atoms with E-state index in [0.29, 0.717) is 37.3 Å². The largest absolute Gasteiger partial charge is 0.457 e. The summed E-state index contributed by atoms with van der Waals surface area (Å²) in [5.74, 6) is -4.56. The van der Waals surface area contributed by atoms with Crippen molar-refractivity contribution in [1.29, 1.82) is 0 Å². The zero-order valence-corrected chi connectivity index (χ0v) is 24.0. The molecule has 2 aromatic heterocycles. The van der Waals surface area contributed by atoms with Gasteiger partial charge in [-0.05, 0) is 37.1 Å². The number of nitrogens with zero attached hydrogens (tertiary/aromatic N) is 5. The average molecular weight is 630 g/mol. The van der Waals surface area contributed by atoms with Crippen LogP contribution in [0.25, 0.3) is 0 Å². The Kier molecular flexibility index (Phi) is 7.85. The molecule has 1 saturated heterocycles. The number of hydrogen-bond acceptors (Lipinski definition) is 9. The second-order valence-corrected chi connectivity index (χ2v) is 12.2. The van der Waals surface area contributed by atoms with Crippen molar-refractivity contribution < 1.29 is 35.9 Å². The van der Waals surface area contributed by atoms with Gasteiger partial charge in [-0.2, -0.15) is 5.10 Å². The van der Waals surface area contributed by atoms with Crippen molar-refractivity contribution in [3.8, 4) is 11.8 Å². The maximum absolute atomic E-state index is 13.4. The first-order valence-corrected chi connectivity index (χ1v) is 15.1. The van der Waals surface area contributed by atoms with Crippen LogP contribution in [0.4, 0.5) is 29.3 Å². The van der Waals surface area contributed by atoms with Crippen molar-refractivity contribution in [1.82, 2.24) is 25.1 Å². The van der Waals surface area contributed by atoms with Gasteiger partial charge in [0.2, 0.25) is 10.0 Å². The van der Waals surface area contributed by atoms with Gasteiger partial charge < -0.3 is 14.8 Å². The number of anilines is 2. The van der Waals surface area contributed by atoms with E-state index in [-0.39, 0.29) is 29.2 Å². The Bertz CT molecular complexity index is 1790. The van der Waals surface area contributed by atoms with Crippen molar-refractivity contribution in [3.63, 3.8) is 0 Å². The first kappa shape index (κ1) is 29.4. The first-order valence-electron chi connectivity index (χ1n) is 13.5. The number of carbonyl (C=O) groups excluding carboxylic acids is 1. The van der Waals surface area contributed by atoms with E-state index in [9.17, 15) is 26.4 Å². The molecule has 44 heavy (non-hydrogen) atoms. The lowest BCUT2D eigenvalue weighted by Gasteiger charge is -2.29. The molecular weight excluding hydrogens is 603 g/mol. The topological polar surface area (TPSA) is 141 Å². The number of amides is 1. The van der Waals surface area contributed by atoms with Crippen molar-refractivity contribution in [2.75, 3.05) is 15.4 Å². The predicted octanol–water partition coefficient (Wildman–Crippen LogP) is 3.40. The summed E-state index contributed by atoms with van der Waals surface area (Å²) in [5, 5.41) is 10.1. The van der Waals surface area contributed by atoms with Gasteiger partial charge in [0.05, 0.1) is 35.9 Å². The minimum absolute atomic E-state index is 0.0802. The molecule has 2 N–H and O–H groups in total. The maximum Gasteiger partial charge on any atom is 0.417 e. The third-order valence-corrected chi connectivity index (χ3v) is 9.20. The monoisotopic (exact) mass is 629 g/mol. The van der Waals surface area contributed by atoms with Gasteiger partial charge in [-0.15, -0.1) is 0 Å². The van der Waals surface area contributed by atoms with Crippen LogP contribution < -0.4 is 24.4 Å². The summed E-state index contributed by atoms with van der Waals surface area (Å²) < 4.78 is 80.6. The van der Waals surface area contributed by atoms with Crippen LogP contribution in [0.3, 0.4) is 0 Å². The van der Waals surface area contributed by atoms with Crippen LogP contribution in [0.15, 0.2) is 61.1 Å². The summed E-state index contributed by atoms with van der Waals surface area (Å²) in [6.45, 7) is 2.57. The number of aromatic nitrogens is 4. The van der Waals surface area contributed by atoms with Gasteiger partial charge in [-0.3, -0.25) is 14.3 Å². The van der Waals surface area contributed by atoms with E-state index in [0.717, 1.165) is 11.3 Å². The fraction of sp³-hybridized carbons (Fsp3) is 0.286. The molecule has 3 atom stereocenters. The molecule has 2 aromatic carbocycles. The van der Waals surface area contributed by atoms with Gasteiger partial charge >= 0.3 is 12.1 Å². The third-order valence-electron chi connectivity index (χ3n) is 7.32. The van der Waals surface area contributed by atoms with E-state index in [4.69, 9.17) is 9.47 Å². The number of sulfonamides is 1. The zero-order valence-electron chi connectivity index (χ0n) is 23.2. The van der Waals surface area contributed by atoms with E-state index in [2.05, 4.69) is 25.7 Å². The van der Waals surface area contributed by atoms with E-state index in [1.54, 1.807) is 42.1 Å². The summed E-state index contributed by atoms with van der Waals surface area (Å²) in [7, 11) is -3.69. The molecule has 0 saturated carbocycles. The highest BCUT2D eigenvalue weighted by Gasteiger charge is 2.46. The summed E-state index contributed by atoms with van der Waals surface area (Å²) in [6.07, 6.45) is 3.43. The number of nitrogens with one attached hydrogen (secondary N) is 2. The number of benzene rings is 2. The molecule has 4 aromatic rings. The van der Waals surface area contributed by atoms with Gasteiger partial charge in [0, 0.05) is 37.1 Å². The smallest absolute Gasteiger partial charge is 0.417 e. The van der Waals surface area contributed by atoms with Crippen molar-refractivity contribution in [3.05, 3.63) is 89.8 Å². The van der Waals surface area contributed by atoms with E-state index < -0.39 is 45.7 Å². The fourth-order valence-corrected chi connectivity index (χ4v) is 7.31. The van der Waals surface area contributed by atoms with Crippen LogP contribution in [-0.2, 0) is 29.5 Å². The Hall–Kier alpha value is -4.70. The molecular formula is C28H26F3N7O5S. The molecule has 2 unspecified atom stereocenters. The molecule has 16 heteroatoms. The lowest BCUT2D eigenvalue weighted by molar-refractivity contribution is 0.193. The van der Waals surface area contributed by atoms with E-state index in [1.165, 1.54) is 16.7 Å². The van der Waals surface area contributed by atoms with Gasteiger partial charge in [-0.25, -0.2) is 36.4 Å². The minimum atomic E-state index is -3.69. The maximum atomic E-state index is 13.4. The lowest BCUT2D eigenvalue weighted by Crippen LogP contribution is -2.42. The molecule has 230 valence electrons. The predicted molar refractivity (Wildman–Crippen MR) is 151 cm³/mol. The van der Waals surface area contributed by atoms with Gasteiger partial charge in [0.25, 0.3) is 0 Å². The molecule has 1 amide bonds. The highest BCUT2D eigenvalue weighted by atomic mass is 32.2. The molecule has 4 heterocycles. The Morgan fingerprint density at radius 2 is 1.86 bits per heavy atom. The lowest BCUT2D eigenvalue weighted by atomic mass is 10.0. The van der Waals surface area contributed by atoms with Crippen molar-refractivity contribution in [2.24, 2.45) is 0 Å². The highest BCUT2D eigenvalue weighted by Crippen LogP contribution is 2.34. The van der Waals surface area contributed by atoms with E-state index in [1.807, 2.05) is 6.07 Å². The Morgan fingerprint density at radius 1 is 1.11 bits per heavy atom. The number of carbonyl (C=O) groups is 1. The normalized spacial score (nSPS) is 20.6. The molecule has 0 radical (unpaired) electrons. The molecule has 1 fully saturated rings. The van der Waals surface area contributed by atoms with Crippen LogP contribution in [0.5, 0.6) is 11.8 Å². The molecule has 0 aliphatic carbocycles. The summed E-state index contributed by atoms with van der Waals surface area (Å²) in [6, 6.07) is 9.16. The van der Waals surface area contributed by atoms with Crippen LogP contribution in [0.2, 0.25) is 0 Å². The van der Waals surface area contributed by atoms with Gasteiger partial charge in [0.15, 0.2) is 17.5 Å². The quantitative estimate of drug-likeness (QED) is 0.295. The number of hydrogen-bond donors (Lipinski definition) is 2. The molecule has 2 aliphatic heterocycles. The Balaban J connectivity index is 1.10. The molecule has 12 nitrogen and oxygen atoms in total. The second kappa shape index (κ2) is 11.8. The van der Waals surface area contributed by atoms with Crippen LogP contribution >= 0.6 is 0 Å². The van der Waals surface area contributed by atoms with Gasteiger partial charge in [-0.1, -0.05) is 12.1 Å². The van der Waals surface area contributed by atoms with Gasteiger partial charge in [0.1, 0.15) is 17.6 Å². The van der Waals surface area contributed by atoms with Crippen molar-refractivity contribution >= 4 is 27.5 Å². The van der Waals surface area contributed by atoms with Crippen LogP contribution in [0.1, 0.15) is 18.2 Å². The van der Waals surface area contributed by atoms with Crippen molar-refractivity contribution in [2.45, 2.75) is 44.6 Å². The summed E-state index contributed by atoms with van der Waals surface area (Å²) in [4.78, 5) is 20.3. The number of ether oxygens (including phenoxy) is 2. The summed E-state index contributed by atoms with van der Waals surface area (Å²) >= 11 is 0. The minimum Gasteiger partial charge on any atom is -0.457 e. The Morgan fingerprint density at radius 3 is 2.61 bits per heavy atom. The Labute approximate surface area is 249 Å². The second-order valence-electron chi connectivity index (χ2n) is 10.4. The molecule has 2 aliphatic rings. The number of rotatable bonds is 7. The first-order chi connectivity index (χ1) is 21.1. The molecule has 6 rings (SSSR count). The van der Waals surface area contributed by atoms with E-state index >= 15 is 0 Å². The van der Waals surface area contributed by atoms with Crippen LogP contribution in [-0.4, -0.2) is 58.2 Å². The molecule has 0 bridgehead atoms. The van der Waals surface area contributed by atoms with Crippen LogP contribution in [0, 0.1) is 17.5 Å². The molecule has 0 spiro atoms. The third kappa shape index (κ3) is 6.03.